The van der Waals surface area contributed by atoms with Crippen LogP contribution in [0.25, 0.3) is 0 Å². The molecule has 2 aromatic carbocycles. The molecule has 0 bridgehead atoms. The Bertz CT molecular complexity index is 645. The van der Waals surface area contributed by atoms with Gasteiger partial charge in [0.05, 0.1) is 13.2 Å². The fourth-order valence-electron chi connectivity index (χ4n) is 2.56. The van der Waals surface area contributed by atoms with Crippen molar-refractivity contribution in [2.24, 2.45) is 0 Å². The van der Waals surface area contributed by atoms with E-state index in [9.17, 15) is 9.36 Å². The highest BCUT2D eigenvalue weighted by molar-refractivity contribution is 7.78. The lowest BCUT2D eigenvalue weighted by Crippen LogP contribution is -2.32. The molecule has 0 heterocycles. The highest BCUT2D eigenvalue weighted by Crippen LogP contribution is 2.42. The lowest BCUT2D eigenvalue weighted by Gasteiger charge is -2.22. The molecule has 128 valence electrons. The molecule has 0 saturated heterocycles. The number of hydrogen-bond donors (Lipinski definition) is 0. The third-order valence-electron chi connectivity index (χ3n) is 3.85. The fraction of sp³-hybridized carbons (Fsp3) is 0.316. The number of nitrogens with zero attached hydrogens (tertiary/aromatic N) is 1. The molecule has 0 aliphatic rings. The highest BCUT2D eigenvalue weighted by atomic mass is 31.2. The van der Waals surface area contributed by atoms with Crippen LogP contribution in [-0.4, -0.2) is 43.8 Å². The Labute approximate surface area is 143 Å². The molecule has 4 nitrogen and oxygen atoms in total. The molecule has 0 amide bonds. The zero-order chi connectivity index (χ0) is 17.4. The van der Waals surface area contributed by atoms with Gasteiger partial charge in [-0.25, -0.2) is 0 Å². The summed E-state index contributed by atoms with van der Waals surface area (Å²) >= 11 is 0. The van der Waals surface area contributed by atoms with Crippen LogP contribution in [0, 0.1) is 0 Å². The second kappa shape index (κ2) is 8.81. The maximum atomic E-state index is 13.8. The van der Waals surface area contributed by atoms with Gasteiger partial charge in [-0.05, 0) is 14.0 Å². The minimum atomic E-state index is -2.73. The maximum absolute atomic E-state index is 13.8. The average molecular weight is 345 g/mol. The molecule has 0 aliphatic carbocycles. The van der Waals surface area contributed by atoms with Crippen LogP contribution in [0.1, 0.15) is 6.92 Å². The zero-order valence-corrected chi connectivity index (χ0v) is 15.1. The molecular formula is C19H24NO3P. The number of ether oxygens (including phenoxy) is 1. The van der Waals surface area contributed by atoms with Crippen molar-refractivity contribution in [3.63, 3.8) is 0 Å². The number of esters is 1. The Balaban J connectivity index is 2.17. The van der Waals surface area contributed by atoms with Gasteiger partial charge < -0.3 is 9.30 Å². The quantitative estimate of drug-likeness (QED) is 0.545. The fourth-order valence-corrected chi connectivity index (χ4v) is 5.31. The number of likely N-dealkylation sites (N-methyl/N-ethyl adjacent to an activating group) is 1. The van der Waals surface area contributed by atoms with E-state index < -0.39 is 7.14 Å². The molecule has 0 aromatic heterocycles. The predicted octanol–water partition coefficient (Wildman–Crippen LogP) is 2.50. The lowest BCUT2D eigenvalue weighted by atomic mass is 10.4. The third kappa shape index (κ3) is 4.80. The number of carbonyl (C=O) groups is 1. The van der Waals surface area contributed by atoms with E-state index in [1.54, 1.807) is 6.92 Å². The van der Waals surface area contributed by atoms with Crippen LogP contribution < -0.4 is 10.6 Å². The van der Waals surface area contributed by atoms with Crippen molar-refractivity contribution < 1.29 is 14.1 Å². The van der Waals surface area contributed by atoms with E-state index in [1.165, 1.54) is 0 Å². The summed E-state index contributed by atoms with van der Waals surface area (Å²) in [5.41, 5.74) is 0. The Kier molecular flexibility index (Phi) is 6.77. The van der Waals surface area contributed by atoms with Crippen LogP contribution in [-0.2, 0) is 14.1 Å². The molecule has 0 atom stereocenters. The summed E-state index contributed by atoms with van der Waals surface area (Å²) in [7, 11) is -0.886. The molecule has 0 saturated carbocycles. The second-order valence-corrected chi connectivity index (χ2v) is 8.64. The molecule has 0 radical (unpaired) electrons. The normalized spacial score (nSPS) is 11.5. The van der Waals surface area contributed by atoms with Gasteiger partial charge in [-0.2, -0.15) is 0 Å². The van der Waals surface area contributed by atoms with Crippen molar-refractivity contribution in [2.75, 3.05) is 32.9 Å². The summed E-state index contributed by atoms with van der Waals surface area (Å²) in [6.45, 7) is 2.92. The lowest BCUT2D eigenvalue weighted by molar-refractivity contribution is -0.144. The van der Waals surface area contributed by atoms with E-state index in [-0.39, 0.29) is 12.5 Å². The standard InChI is InChI=1S/C19H24NO3P/c1-3-23-19(21)16-20(2)14-15-24(22,17-10-6-4-7-11-17)18-12-8-5-9-13-18/h4-13H,3,14-16H2,1-2H3. The second-order valence-electron chi connectivity index (χ2n) is 5.68. The van der Waals surface area contributed by atoms with Gasteiger partial charge in [-0.15, -0.1) is 0 Å². The number of benzene rings is 2. The number of hydrogen-bond acceptors (Lipinski definition) is 4. The van der Waals surface area contributed by atoms with Gasteiger partial charge in [-0.1, -0.05) is 60.7 Å². The first-order valence-corrected chi connectivity index (χ1v) is 10.00. The maximum Gasteiger partial charge on any atom is 0.320 e. The molecule has 2 rings (SSSR count). The van der Waals surface area contributed by atoms with Crippen molar-refractivity contribution in [1.29, 1.82) is 0 Å². The van der Waals surface area contributed by atoms with Crippen molar-refractivity contribution >= 4 is 23.7 Å². The molecule has 0 fully saturated rings. The molecule has 2 aromatic rings. The van der Waals surface area contributed by atoms with E-state index in [0.29, 0.717) is 19.3 Å². The summed E-state index contributed by atoms with van der Waals surface area (Å²) < 4.78 is 18.8. The Morgan fingerprint density at radius 2 is 1.50 bits per heavy atom. The first kappa shape index (κ1) is 18.4. The van der Waals surface area contributed by atoms with Gasteiger partial charge in [0.15, 0.2) is 0 Å². The predicted molar refractivity (Wildman–Crippen MR) is 98.8 cm³/mol. The third-order valence-corrected chi connectivity index (χ3v) is 6.94. The molecule has 0 spiro atoms. The van der Waals surface area contributed by atoms with Crippen molar-refractivity contribution in [3.8, 4) is 0 Å². The summed E-state index contributed by atoms with van der Waals surface area (Å²) in [6, 6.07) is 19.1. The molecule has 24 heavy (non-hydrogen) atoms. The van der Waals surface area contributed by atoms with Crippen molar-refractivity contribution in [2.45, 2.75) is 6.92 Å². The molecule has 5 heteroatoms. The SMILES string of the molecule is CCOC(=O)CN(C)CCP(=O)(c1ccccc1)c1ccccc1. The van der Waals surface area contributed by atoms with Crippen LogP contribution in [0.5, 0.6) is 0 Å². The summed E-state index contributed by atoms with van der Waals surface area (Å²) in [6.07, 6.45) is 0.483. The van der Waals surface area contributed by atoms with E-state index in [4.69, 9.17) is 4.74 Å². The van der Waals surface area contributed by atoms with Crippen LogP contribution in [0.4, 0.5) is 0 Å². The van der Waals surface area contributed by atoms with Gasteiger partial charge in [0.25, 0.3) is 0 Å². The average Bonchev–Trinajstić information content (AvgIpc) is 2.61. The van der Waals surface area contributed by atoms with E-state index in [2.05, 4.69) is 0 Å². The number of carbonyl (C=O) groups excluding carboxylic acids is 1. The Hall–Kier alpha value is -1.90. The van der Waals surface area contributed by atoms with Gasteiger partial charge in [0.2, 0.25) is 0 Å². The van der Waals surface area contributed by atoms with Crippen molar-refractivity contribution in [3.05, 3.63) is 60.7 Å². The highest BCUT2D eigenvalue weighted by Gasteiger charge is 2.27. The van der Waals surface area contributed by atoms with Crippen molar-refractivity contribution in [1.82, 2.24) is 4.90 Å². The van der Waals surface area contributed by atoms with E-state index in [1.807, 2.05) is 72.6 Å². The van der Waals surface area contributed by atoms with Crippen LogP contribution in [0.3, 0.4) is 0 Å². The molecule has 0 unspecified atom stereocenters. The molecular weight excluding hydrogens is 321 g/mol. The van der Waals surface area contributed by atoms with E-state index >= 15 is 0 Å². The molecule has 0 aliphatic heterocycles. The first-order chi connectivity index (χ1) is 11.6. The summed E-state index contributed by atoms with van der Waals surface area (Å²) in [4.78, 5) is 13.4. The first-order valence-electron chi connectivity index (χ1n) is 8.10. The van der Waals surface area contributed by atoms with Gasteiger partial charge in [0, 0.05) is 23.3 Å². The minimum Gasteiger partial charge on any atom is -0.465 e. The van der Waals surface area contributed by atoms with Gasteiger partial charge in [0.1, 0.15) is 7.14 Å². The summed E-state index contributed by atoms with van der Waals surface area (Å²) in [5, 5.41) is 1.70. The van der Waals surface area contributed by atoms with Crippen LogP contribution in [0.2, 0.25) is 0 Å². The smallest absolute Gasteiger partial charge is 0.320 e. The van der Waals surface area contributed by atoms with Gasteiger partial charge >= 0.3 is 5.97 Å². The summed E-state index contributed by atoms with van der Waals surface area (Å²) in [5.74, 6) is -0.255. The topological polar surface area (TPSA) is 46.6 Å². The number of rotatable bonds is 8. The monoisotopic (exact) mass is 345 g/mol. The van der Waals surface area contributed by atoms with Crippen LogP contribution in [0.15, 0.2) is 60.7 Å². The Morgan fingerprint density at radius 3 is 1.96 bits per heavy atom. The molecule has 0 N–H and O–H groups in total. The van der Waals surface area contributed by atoms with Crippen LogP contribution >= 0.6 is 7.14 Å². The zero-order valence-electron chi connectivity index (χ0n) is 14.2. The largest absolute Gasteiger partial charge is 0.465 e. The van der Waals surface area contributed by atoms with Gasteiger partial charge in [-0.3, -0.25) is 9.69 Å². The minimum absolute atomic E-state index is 0.206. The Morgan fingerprint density at radius 1 is 1.00 bits per heavy atom. The van der Waals surface area contributed by atoms with E-state index in [0.717, 1.165) is 10.6 Å².